The molecule has 1 aromatic rings. The predicted molar refractivity (Wildman–Crippen MR) is 99.8 cm³/mol. The van der Waals surface area contributed by atoms with Crippen molar-refractivity contribution < 1.29 is 19.1 Å². The normalized spacial score (nSPS) is 19.0. The quantitative estimate of drug-likeness (QED) is 0.732. The van der Waals surface area contributed by atoms with Crippen LogP contribution in [0, 0.1) is 0 Å². The number of rotatable bonds is 7. The van der Waals surface area contributed by atoms with E-state index in [9.17, 15) is 9.59 Å². The maximum atomic E-state index is 12.0. The van der Waals surface area contributed by atoms with Gasteiger partial charge in [-0.3, -0.25) is 4.79 Å². The fourth-order valence-corrected chi connectivity index (χ4v) is 3.38. The van der Waals surface area contributed by atoms with E-state index in [1.54, 1.807) is 23.1 Å². The van der Waals surface area contributed by atoms with Crippen molar-refractivity contribution in [3.63, 3.8) is 0 Å². The zero-order valence-electron chi connectivity index (χ0n) is 15.3. The third-order valence-corrected chi connectivity index (χ3v) is 4.74. The molecule has 2 heterocycles. The van der Waals surface area contributed by atoms with E-state index < -0.39 is 0 Å². The second-order valence-electron chi connectivity index (χ2n) is 6.62. The number of carbonyl (C=O) groups excluding carboxylic acids is 2. The molecular formula is C19H27N3O4. The van der Waals surface area contributed by atoms with Crippen molar-refractivity contribution in [3.8, 4) is 5.75 Å². The number of hydrogen-bond donors (Lipinski definition) is 2. The van der Waals surface area contributed by atoms with Gasteiger partial charge in [-0.1, -0.05) is 0 Å². The first-order valence-corrected chi connectivity index (χ1v) is 9.41. The number of urea groups is 1. The largest absolute Gasteiger partial charge is 0.481 e. The number of unbranched alkanes of at least 4 members (excludes halogenated alkanes) is 1. The molecule has 1 fully saturated rings. The minimum Gasteiger partial charge on any atom is -0.481 e. The fraction of sp³-hybridized carbons (Fsp3) is 0.579. The zero-order chi connectivity index (χ0) is 18.4. The molecule has 1 saturated heterocycles. The Bertz CT molecular complexity index is 644. The minimum absolute atomic E-state index is 0.0290. The monoisotopic (exact) mass is 361 g/mol. The van der Waals surface area contributed by atoms with Crippen LogP contribution in [-0.2, 0) is 9.53 Å². The van der Waals surface area contributed by atoms with Crippen LogP contribution in [0.2, 0.25) is 0 Å². The number of anilines is 2. The summed E-state index contributed by atoms with van der Waals surface area (Å²) in [5, 5.41) is 5.68. The molecule has 0 saturated carbocycles. The number of fused-ring (bicyclic) bond motifs is 1. The van der Waals surface area contributed by atoms with Crippen LogP contribution < -0.4 is 20.3 Å². The molecule has 0 radical (unpaired) electrons. The lowest BCUT2D eigenvalue weighted by Gasteiger charge is -2.28. The lowest BCUT2D eigenvalue weighted by Crippen LogP contribution is -2.38. The molecular weight excluding hydrogens is 334 g/mol. The van der Waals surface area contributed by atoms with Gasteiger partial charge in [0, 0.05) is 31.5 Å². The Labute approximate surface area is 154 Å². The highest BCUT2D eigenvalue weighted by atomic mass is 16.5. The molecule has 1 atom stereocenters. The SMILES string of the molecule is CCN1C(=O)COc2cc(NC(=O)NCCCCC3CCCO3)ccc21. The third-order valence-electron chi connectivity index (χ3n) is 4.74. The van der Waals surface area contributed by atoms with E-state index in [0.29, 0.717) is 30.6 Å². The van der Waals surface area contributed by atoms with Crippen molar-refractivity contribution in [3.05, 3.63) is 18.2 Å². The maximum absolute atomic E-state index is 12.0. The lowest BCUT2D eigenvalue weighted by molar-refractivity contribution is -0.121. The van der Waals surface area contributed by atoms with E-state index >= 15 is 0 Å². The first kappa shape index (κ1) is 18.5. The maximum Gasteiger partial charge on any atom is 0.319 e. The molecule has 0 bridgehead atoms. The fourth-order valence-electron chi connectivity index (χ4n) is 3.38. The van der Waals surface area contributed by atoms with Gasteiger partial charge in [0.2, 0.25) is 0 Å². The summed E-state index contributed by atoms with van der Waals surface area (Å²) in [4.78, 5) is 25.5. The molecule has 2 aliphatic heterocycles. The summed E-state index contributed by atoms with van der Waals surface area (Å²) in [6.45, 7) is 4.07. The molecule has 1 aromatic carbocycles. The lowest BCUT2D eigenvalue weighted by atomic mass is 10.1. The Morgan fingerprint density at radius 2 is 2.23 bits per heavy atom. The summed E-state index contributed by atoms with van der Waals surface area (Å²) in [7, 11) is 0. The molecule has 7 heteroatoms. The Balaban J connectivity index is 1.42. The Morgan fingerprint density at radius 3 is 3.00 bits per heavy atom. The van der Waals surface area contributed by atoms with E-state index in [1.165, 1.54) is 6.42 Å². The van der Waals surface area contributed by atoms with Gasteiger partial charge >= 0.3 is 6.03 Å². The number of nitrogens with zero attached hydrogens (tertiary/aromatic N) is 1. The highest BCUT2D eigenvalue weighted by Crippen LogP contribution is 2.34. The zero-order valence-corrected chi connectivity index (χ0v) is 15.3. The second-order valence-corrected chi connectivity index (χ2v) is 6.62. The molecule has 0 spiro atoms. The molecule has 0 aromatic heterocycles. The van der Waals surface area contributed by atoms with Crippen molar-refractivity contribution in [1.82, 2.24) is 5.32 Å². The highest BCUT2D eigenvalue weighted by Gasteiger charge is 2.24. The van der Waals surface area contributed by atoms with Crippen LogP contribution in [0.5, 0.6) is 5.75 Å². The van der Waals surface area contributed by atoms with Crippen LogP contribution in [0.1, 0.15) is 39.0 Å². The summed E-state index contributed by atoms with van der Waals surface area (Å²) in [6.07, 6.45) is 5.80. The summed E-state index contributed by atoms with van der Waals surface area (Å²) in [5.41, 5.74) is 1.38. The molecule has 2 aliphatic rings. The van der Waals surface area contributed by atoms with Crippen LogP contribution in [0.15, 0.2) is 18.2 Å². The molecule has 3 rings (SSSR count). The van der Waals surface area contributed by atoms with E-state index in [1.807, 2.05) is 6.92 Å². The van der Waals surface area contributed by atoms with Gasteiger partial charge in [0.1, 0.15) is 5.75 Å². The number of ether oxygens (including phenoxy) is 2. The molecule has 2 N–H and O–H groups in total. The van der Waals surface area contributed by atoms with Crippen molar-refractivity contribution in [1.29, 1.82) is 0 Å². The van der Waals surface area contributed by atoms with Gasteiger partial charge in [-0.05, 0) is 51.2 Å². The second kappa shape index (κ2) is 8.89. The van der Waals surface area contributed by atoms with Gasteiger partial charge in [0.15, 0.2) is 6.61 Å². The van der Waals surface area contributed by atoms with Gasteiger partial charge in [-0.25, -0.2) is 4.79 Å². The molecule has 3 amide bonds. The van der Waals surface area contributed by atoms with Crippen LogP contribution >= 0.6 is 0 Å². The predicted octanol–water partition coefficient (Wildman–Crippen LogP) is 2.90. The number of hydrogen-bond acceptors (Lipinski definition) is 4. The van der Waals surface area contributed by atoms with E-state index in [0.717, 1.165) is 38.0 Å². The average Bonchev–Trinajstić information content (AvgIpc) is 3.15. The van der Waals surface area contributed by atoms with E-state index in [4.69, 9.17) is 9.47 Å². The van der Waals surface area contributed by atoms with Gasteiger partial charge < -0.3 is 25.0 Å². The van der Waals surface area contributed by atoms with Crippen molar-refractivity contribution >= 4 is 23.3 Å². The molecule has 1 unspecified atom stereocenters. The average molecular weight is 361 g/mol. The van der Waals surface area contributed by atoms with Crippen LogP contribution in [0.4, 0.5) is 16.2 Å². The molecule has 26 heavy (non-hydrogen) atoms. The van der Waals surface area contributed by atoms with Gasteiger partial charge in [-0.15, -0.1) is 0 Å². The van der Waals surface area contributed by atoms with Crippen molar-refractivity contribution in [2.45, 2.75) is 45.1 Å². The Hall–Kier alpha value is -2.28. The molecule has 0 aliphatic carbocycles. The number of likely N-dealkylation sites (N-methyl/N-ethyl adjacent to an activating group) is 1. The van der Waals surface area contributed by atoms with E-state index in [2.05, 4.69) is 10.6 Å². The third kappa shape index (κ3) is 4.66. The topological polar surface area (TPSA) is 79.9 Å². The van der Waals surface area contributed by atoms with Crippen molar-refractivity contribution in [2.24, 2.45) is 0 Å². The summed E-state index contributed by atoms with van der Waals surface area (Å²) in [6, 6.07) is 5.09. The smallest absolute Gasteiger partial charge is 0.319 e. The summed E-state index contributed by atoms with van der Waals surface area (Å²) < 4.78 is 11.1. The number of benzene rings is 1. The van der Waals surface area contributed by atoms with Crippen LogP contribution in [0.25, 0.3) is 0 Å². The molecule has 7 nitrogen and oxygen atoms in total. The first-order valence-electron chi connectivity index (χ1n) is 9.41. The van der Waals surface area contributed by atoms with Gasteiger partial charge in [0.25, 0.3) is 5.91 Å². The van der Waals surface area contributed by atoms with Crippen LogP contribution in [0.3, 0.4) is 0 Å². The van der Waals surface area contributed by atoms with Gasteiger partial charge in [-0.2, -0.15) is 0 Å². The Kier molecular flexibility index (Phi) is 6.33. The number of carbonyl (C=O) groups is 2. The molecule has 142 valence electrons. The summed E-state index contributed by atoms with van der Waals surface area (Å²) in [5.74, 6) is 0.558. The minimum atomic E-state index is -0.235. The van der Waals surface area contributed by atoms with Crippen molar-refractivity contribution in [2.75, 3.05) is 36.5 Å². The number of nitrogens with one attached hydrogen (secondary N) is 2. The first-order chi connectivity index (χ1) is 12.7. The van der Waals surface area contributed by atoms with E-state index in [-0.39, 0.29) is 18.5 Å². The number of amides is 3. The summed E-state index contributed by atoms with van der Waals surface area (Å²) >= 11 is 0. The Morgan fingerprint density at radius 1 is 1.35 bits per heavy atom. The van der Waals surface area contributed by atoms with Gasteiger partial charge in [0.05, 0.1) is 11.8 Å². The standard InChI is InChI=1S/C19H27N3O4/c1-2-22-16-9-8-14(12-17(16)26-13-18(22)23)21-19(24)20-10-4-3-6-15-7-5-11-25-15/h8-9,12,15H,2-7,10-11,13H2,1H3,(H2,20,21,24). The highest BCUT2D eigenvalue weighted by molar-refractivity contribution is 5.98. The van der Waals surface area contributed by atoms with Crippen LogP contribution in [-0.4, -0.2) is 44.3 Å².